The second kappa shape index (κ2) is 9.16. The lowest BCUT2D eigenvalue weighted by atomic mass is 9.93. The van der Waals surface area contributed by atoms with E-state index in [4.69, 9.17) is 4.99 Å². The van der Waals surface area contributed by atoms with Gasteiger partial charge in [-0.3, -0.25) is 4.57 Å². The van der Waals surface area contributed by atoms with Gasteiger partial charge in [0, 0.05) is 42.2 Å². The Labute approximate surface area is 247 Å². The molecule has 1 aliphatic rings. The molecule has 0 aliphatic carbocycles. The van der Waals surface area contributed by atoms with E-state index in [9.17, 15) is 0 Å². The highest BCUT2D eigenvalue weighted by atomic mass is 32.1. The second-order valence-corrected chi connectivity index (χ2v) is 12.0. The zero-order chi connectivity index (χ0) is 27.6. The molecule has 2 aromatic heterocycles. The van der Waals surface area contributed by atoms with Crippen LogP contribution in [0.1, 0.15) is 17.2 Å². The molecule has 6 aromatic carbocycles. The van der Waals surface area contributed by atoms with Gasteiger partial charge in [-0.25, -0.2) is 4.99 Å². The van der Waals surface area contributed by atoms with Gasteiger partial charge >= 0.3 is 0 Å². The summed E-state index contributed by atoms with van der Waals surface area (Å²) in [5, 5.41) is 8.79. The number of nitrogens with zero attached hydrogens (tertiary/aromatic N) is 2. The minimum atomic E-state index is -0.136. The number of hydrogen-bond donors (Lipinski definition) is 1. The number of benzene rings is 6. The third kappa shape index (κ3) is 3.55. The minimum Gasteiger partial charge on any atom is -0.325 e. The smallest absolute Gasteiger partial charge is 0.208 e. The highest BCUT2D eigenvalue weighted by molar-refractivity contribution is 7.25. The molecule has 0 fully saturated rings. The van der Waals surface area contributed by atoms with Gasteiger partial charge in [-0.15, -0.1) is 11.3 Å². The fourth-order valence-corrected chi connectivity index (χ4v) is 7.62. The molecule has 1 N–H and O–H groups in total. The first-order valence-electron chi connectivity index (χ1n) is 14.3. The summed E-state index contributed by atoms with van der Waals surface area (Å²) in [5.41, 5.74) is 8.16. The Kier molecular flexibility index (Phi) is 5.13. The van der Waals surface area contributed by atoms with E-state index in [1.807, 2.05) is 11.3 Å². The highest BCUT2D eigenvalue weighted by Gasteiger charge is 2.26. The van der Waals surface area contributed by atoms with Gasteiger partial charge in [0.1, 0.15) is 6.04 Å². The van der Waals surface area contributed by atoms with E-state index >= 15 is 0 Å². The number of thiophene rings is 1. The molecule has 1 unspecified atom stereocenters. The van der Waals surface area contributed by atoms with Gasteiger partial charge in [-0.1, -0.05) is 103 Å². The predicted molar refractivity (Wildman–Crippen MR) is 179 cm³/mol. The number of rotatable bonds is 2. The van der Waals surface area contributed by atoms with Crippen molar-refractivity contribution in [3.8, 4) is 11.1 Å². The minimum absolute atomic E-state index is 0.136. The van der Waals surface area contributed by atoms with Crippen LogP contribution in [0.25, 0.3) is 53.1 Å². The normalized spacial score (nSPS) is 14.8. The molecular formula is C38H25N3S. The maximum atomic E-state index is 5.47. The van der Waals surface area contributed by atoms with E-state index < -0.39 is 0 Å². The van der Waals surface area contributed by atoms with Crippen molar-refractivity contribution >= 4 is 65.0 Å². The lowest BCUT2D eigenvalue weighted by molar-refractivity contribution is 0.852. The molecule has 198 valence electrons. The predicted octanol–water partition coefficient (Wildman–Crippen LogP) is 10.2. The molecule has 3 heterocycles. The van der Waals surface area contributed by atoms with Gasteiger partial charge in [0.05, 0.1) is 11.0 Å². The number of para-hydroxylation sites is 2. The summed E-state index contributed by atoms with van der Waals surface area (Å²) < 4.78 is 4.95. The largest absolute Gasteiger partial charge is 0.325 e. The molecule has 0 bridgehead atoms. The van der Waals surface area contributed by atoms with Crippen LogP contribution in [0.5, 0.6) is 0 Å². The van der Waals surface area contributed by atoms with Crippen molar-refractivity contribution in [2.75, 3.05) is 5.32 Å². The Morgan fingerprint density at radius 2 is 1.31 bits per heavy atom. The SMILES string of the molecule is c1ccc(-c2cccc(C3N=C(n4c5ccccc5c5cc6sc7ccccc7c6cc54)Nc4ccccc43)c2)cc1. The monoisotopic (exact) mass is 555 g/mol. The third-order valence-electron chi connectivity index (χ3n) is 8.45. The van der Waals surface area contributed by atoms with Crippen LogP contribution in [0.3, 0.4) is 0 Å². The number of nitrogens with one attached hydrogen (secondary N) is 1. The molecule has 0 saturated carbocycles. The van der Waals surface area contributed by atoms with Crippen LogP contribution < -0.4 is 5.32 Å². The molecule has 8 aromatic rings. The zero-order valence-electron chi connectivity index (χ0n) is 22.7. The van der Waals surface area contributed by atoms with Gasteiger partial charge in [0.15, 0.2) is 0 Å². The summed E-state index contributed by atoms with van der Waals surface area (Å²) in [5.74, 6) is 0.842. The maximum Gasteiger partial charge on any atom is 0.208 e. The van der Waals surface area contributed by atoms with Crippen LogP contribution in [-0.2, 0) is 0 Å². The Morgan fingerprint density at radius 1 is 0.548 bits per heavy atom. The quantitative estimate of drug-likeness (QED) is 0.226. The molecule has 1 aliphatic heterocycles. The van der Waals surface area contributed by atoms with E-state index in [2.05, 4.69) is 149 Å². The fourth-order valence-electron chi connectivity index (χ4n) is 6.50. The lowest BCUT2D eigenvalue weighted by Crippen LogP contribution is -2.27. The van der Waals surface area contributed by atoms with Crippen molar-refractivity contribution in [2.24, 2.45) is 4.99 Å². The topological polar surface area (TPSA) is 29.3 Å². The lowest BCUT2D eigenvalue weighted by Gasteiger charge is -2.27. The zero-order valence-corrected chi connectivity index (χ0v) is 23.5. The summed E-state index contributed by atoms with van der Waals surface area (Å²) in [6, 6.07) is 49.9. The molecule has 0 radical (unpaired) electrons. The Morgan fingerprint density at radius 3 is 2.24 bits per heavy atom. The average Bonchev–Trinajstić information content (AvgIpc) is 3.58. The first-order chi connectivity index (χ1) is 20.8. The van der Waals surface area contributed by atoms with Crippen LogP contribution in [0.2, 0.25) is 0 Å². The fraction of sp³-hybridized carbons (Fsp3) is 0.0263. The second-order valence-electron chi connectivity index (χ2n) is 10.9. The molecule has 9 rings (SSSR count). The summed E-state index contributed by atoms with van der Waals surface area (Å²) in [6.07, 6.45) is 0. The van der Waals surface area contributed by atoms with Crippen LogP contribution in [0.15, 0.2) is 145 Å². The third-order valence-corrected chi connectivity index (χ3v) is 9.58. The summed E-state index contributed by atoms with van der Waals surface area (Å²) in [4.78, 5) is 5.47. The van der Waals surface area contributed by atoms with E-state index in [0.717, 1.165) is 22.7 Å². The molecule has 3 nitrogen and oxygen atoms in total. The van der Waals surface area contributed by atoms with Crippen molar-refractivity contribution in [1.82, 2.24) is 4.57 Å². The Bertz CT molecular complexity index is 2340. The summed E-state index contributed by atoms with van der Waals surface area (Å²) >= 11 is 1.86. The van der Waals surface area contributed by atoms with Crippen molar-refractivity contribution in [2.45, 2.75) is 6.04 Å². The number of aliphatic imine (C=N–C) groups is 1. The van der Waals surface area contributed by atoms with E-state index in [0.29, 0.717) is 0 Å². The van der Waals surface area contributed by atoms with Crippen molar-refractivity contribution < 1.29 is 0 Å². The average molecular weight is 556 g/mol. The van der Waals surface area contributed by atoms with E-state index in [-0.39, 0.29) is 6.04 Å². The summed E-state index contributed by atoms with van der Waals surface area (Å²) in [7, 11) is 0. The van der Waals surface area contributed by atoms with Crippen LogP contribution in [0.4, 0.5) is 5.69 Å². The van der Waals surface area contributed by atoms with Crippen molar-refractivity contribution in [3.63, 3.8) is 0 Å². The maximum absolute atomic E-state index is 5.47. The van der Waals surface area contributed by atoms with Crippen LogP contribution in [-0.4, -0.2) is 10.5 Å². The van der Waals surface area contributed by atoms with E-state index in [1.54, 1.807) is 0 Å². The first kappa shape index (κ1) is 23.5. The molecule has 1 atom stereocenters. The number of fused-ring (bicyclic) bond motifs is 7. The van der Waals surface area contributed by atoms with Gasteiger partial charge in [-0.2, -0.15) is 0 Å². The standard InChI is InChI=1S/C38H25N3S/c1-2-11-24(12-3-1)25-13-10-14-26(21-25)37-29-17-4-7-18-32(29)39-38(40-37)41-33-19-8-5-15-27(33)30-23-36-31(22-34(30)41)28-16-6-9-20-35(28)42-36/h1-23,37H,(H,39,40). The molecule has 0 spiro atoms. The van der Waals surface area contributed by atoms with Gasteiger partial charge in [-0.05, 0) is 53.1 Å². The molecule has 4 heteroatoms. The molecule has 0 saturated heterocycles. The van der Waals surface area contributed by atoms with Gasteiger partial charge in [0.2, 0.25) is 5.96 Å². The van der Waals surface area contributed by atoms with E-state index in [1.165, 1.54) is 53.2 Å². The van der Waals surface area contributed by atoms with Gasteiger partial charge < -0.3 is 5.32 Å². The molecule has 42 heavy (non-hydrogen) atoms. The Hall–Kier alpha value is -5.19. The summed E-state index contributed by atoms with van der Waals surface area (Å²) in [6.45, 7) is 0. The first-order valence-corrected chi connectivity index (χ1v) is 15.1. The number of anilines is 1. The molecule has 0 amide bonds. The molecular weight excluding hydrogens is 531 g/mol. The van der Waals surface area contributed by atoms with Crippen molar-refractivity contribution in [3.05, 3.63) is 151 Å². The Balaban J connectivity index is 1.30. The number of hydrogen-bond acceptors (Lipinski definition) is 3. The van der Waals surface area contributed by atoms with Gasteiger partial charge in [0.25, 0.3) is 0 Å². The highest BCUT2D eigenvalue weighted by Crippen LogP contribution is 2.41. The van der Waals surface area contributed by atoms with Crippen molar-refractivity contribution in [1.29, 1.82) is 0 Å². The number of aromatic nitrogens is 1. The van der Waals surface area contributed by atoms with Crippen LogP contribution in [0, 0.1) is 0 Å². The van der Waals surface area contributed by atoms with Crippen LogP contribution >= 0.6 is 11.3 Å².